The maximum absolute atomic E-state index is 4.81. The van der Waals surface area contributed by atoms with Gasteiger partial charge in [-0.2, -0.15) is 0 Å². The van der Waals surface area contributed by atoms with Crippen LogP contribution in [-0.2, 0) is 6.42 Å². The molecule has 112 valence electrons. The molecule has 0 bridgehead atoms. The summed E-state index contributed by atoms with van der Waals surface area (Å²) < 4.78 is 2.15. The van der Waals surface area contributed by atoms with Crippen LogP contribution in [0.15, 0.2) is 72.9 Å². The van der Waals surface area contributed by atoms with Gasteiger partial charge in [-0.15, -0.1) is 0 Å². The van der Waals surface area contributed by atoms with Gasteiger partial charge in [-0.05, 0) is 36.8 Å². The monoisotopic (exact) mass is 299 g/mol. The molecule has 3 nitrogen and oxygen atoms in total. The second-order valence-electron chi connectivity index (χ2n) is 5.71. The molecule has 0 spiro atoms. The highest BCUT2D eigenvalue weighted by Crippen LogP contribution is 2.22. The highest BCUT2D eigenvalue weighted by Gasteiger charge is 2.13. The van der Waals surface area contributed by atoms with Crippen molar-refractivity contribution in [2.24, 2.45) is 0 Å². The summed E-state index contributed by atoms with van der Waals surface area (Å²) in [6.45, 7) is 2.10. The summed E-state index contributed by atoms with van der Waals surface area (Å²) in [7, 11) is 0. The molecule has 2 aromatic carbocycles. The van der Waals surface area contributed by atoms with E-state index in [9.17, 15) is 0 Å². The molecule has 0 saturated carbocycles. The van der Waals surface area contributed by atoms with Crippen molar-refractivity contribution in [2.45, 2.75) is 13.3 Å². The van der Waals surface area contributed by atoms with E-state index in [4.69, 9.17) is 4.98 Å². The Hall–Kier alpha value is -2.94. The second-order valence-corrected chi connectivity index (χ2v) is 5.71. The first-order valence-corrected chi connectivity index (χ1v) is 7.74. The molecule has 0 aliphatic carbocycles. The van der Waals surface area contributed by atoms with Crippen molar-refractivity contribution in [3.8, 4) is 5.69 Å². The number of hydrogen-bond acceptors (Lipinski definition) is 2. The van der Waals surface area contributed by atoms with Gasteiger partial charge in [0.2, 0.25) is 0 Å². The minimum Gasteiger partial charge on any atom is -0.280 e. The van der Waals surface area contributed by atoms with Crippen LogP contribution in [0.4, 0.5) is 0 Å². The van der Waals surface area contributed by atoms with Crippen LogP contribution in [0.1, 0.15) is 17.0 Å². The summed E-state index contributed by atoms with van der Waals surface area (Å²) in [6.07, 6.45) is 2.60. The maximum Gasteiger partial charge on any atom is 0.164 e. The van der Waals surface area contributed by atoms with Crippen LogP contribution in [0.2, 0.25) is 0 Å². The Morgan fingerprint density at radius 3 is 2.43 bits per heavy atom. The highest BCUT2D eigenvalue weighted by molar-refractivity contribution is 5.74. The predicted molar refractivity (Wildman–Crippen MR) is 92.9 cm³/mol. The Morgan fingerprint density at radius 2 is 1.65 bits per heavy atom. The predicted octanol–water partition coefficient (Wildman–Crippen LogP) is 4.32. The molecular weight excluding hydrogens is 282 g/mol. The van der Waals surface area contributed by atoms with E-state index in [0.29, 0.717) is 0 Å². The fourth-order valence-corrected chi connectivity index (χ4v) is 2.82. The first-order valence-electron chi connectivity index (χ1n) is 7.74. The van der Waals surface area contributed by atoms with Crippen LogP contribution in [0.25, 0.3) is 16.9 Å². The van der Waals surface area contributed by atoms with Gasteiger partial charge >= 0.3 is 0 Å². The van der Waals surface area contributed by atoms with Crippen molar-refractivity contribution in [2.75, 3.05) is 0 Å². The summed E-state index contributed by atoms with van der Waals surface area (Å²) in [4.78, 5) is 9.35. The minimum atomic E-state index is 0.783. The standard InChI is InChI=1S/C20H17N3/c1-15-9-11-17(12-10-15)23-19(14-16-6-3-2-4-7-16)22-18-8-5-13-21-20(18)23/h2-13H,14H2,1H3. The first kappa shape index (κ1) is 13.7. The van der Waals surface area contributed by atoms with Crippen molar-refractivity contribution in [3.63, 3.8) is 0 Å². The first-order chi connectivity index (χ1) is 11.3. The molecule has 23 heavy (non-hydrogen) atoms. The van der Waals surface area contributed by atoms with Gasteiger partial charge in [-0.3, -0.25) is 4.57 Å². The summed E-state index contributed by atoms with van der Waals surface area (Å²) >= 11 is 0. The molecule has 0 N–H and O–H groups in total. The Morgan fingerprint density at radius 1 is 0.870 bits per heavy atom. The SMILES string of the molecule is Cc1ccc(-n2c(Cc3ccccc3)nc3cccnc32)cc1. The van der Waals surface area contributed by atoms with E-state index >= 15 is 0 Å². The van der Waals surface area contributed by atoms with Gasteiger partial charge in [0.25, 0.3) is 0 Å². The van der Waals surface area contributed by atoms with Crippen LogP contribution in [0.3, 0.4) is 0 Å². The molecular formula is C20H17N3. The van der Waals surface area contributed by atoms with Crippen molar-refractivity contribution < 1.29 is 0 Å². The van der Waals surface area contributed by atoms with Gasteiger partial charge in [-0.1, -0.05) is 48.0 Å². The number of fused-ring (bicyclic) bond motifs is 1. The molecule has 0 fully saturated rings. The summed E-state index contributed by atoms with van der Waals surface area (Å²) in [5, 5.41) is 0. The van der Waals surface area contributed by atoms with Crippen LogP contribution in [0.5, 0.6) is 0 Å². The van der Waals surface area contributed by atoms with E-state index in [-0.39, 0.29) is 0 Å². The second kappa shape index (κ2) is 5.69. The minimum absolute atomic E-state index is 0.783. The lowest BCUT2D eigenvalue weighted by atomic mass is 10.1. The van der Waals surface area contributed by atoms with Crippen molar-refractivity contribution in [3.05, 3.63) is 89.9 Å². The fraction of sp³-hybridized carbons (Fsp3) is 0.100. The van der Waals surface area contributed by atoms with Gasteiger partial charge in [0.15, 0.2) is 5.65 Å². The van der Waals surface area contributed by atoms with E-state index in [1.165, 1.54) is 11.1 Å². The molecule has 0 radical (unpaired) electrons. The number of aromatic nitrogens is 3. The molecule has 4 rings (SSSR count). The van der Waals surface area contributed by atoms with E-state index < -0.39 is 0 Å². The van der Waals surface area contributed by atoms with Gasteiger partial charge in [0.1, 0.15) is 11.3 Å². The van der Waals surface area contributed by atoms with Gasteiger partial charge in [-0.25, -0.2) is 9.97 Å². The number of pyridine rings is 1. The molecule has 4 aromatic rings. The Balaban J connectivity index is 1.89. The van der Waals surface area contributed by atoms with Crippen molar-refractivity contribution >= 4 is 11.2 Å². The van der Waals surface area contributed by atoms with Crippen LogP contribution < -0.4 is 0 Å². The van der Waals surface area contributed by atoms with Crippen LogP contribution >= 0.6 is 0 Å². The molecule has 0 amide bonds. The average molecular weight is 299 g/mol. The summed E-state index contributed by atoms with van der Waals surface area (Å²) in [5.41, 5.74) is 5.43. The topological polar surface area (TPSA) is 30.7 Å². The van der Waals surface area contributed by atoms with Gasteiger partial charge < -0.3 is 0 Å². The normalized spacial score (nSPS) is 11.0. The molecule has 2 aromatic heterocycles. The number of imidazole rings is 1. The van der Waals surface area contributed by atoms with E-state index in [1.54, 1.807) is 0 Å². The quantitative estimate of drug-likeness (QED) is 0.564. The van der Waals surface area contributed by atoms with E-state index in [2.05, 4.69) is 65.0 Å². The smallest absolute Gasteiger partial charge is 0.164 e. The molecule has 0 saturated heterocycles. The van der Waals surface area contributed by atoms with Crippen molar-refractivity contribution in [1.82, 2.24) is 14.5 Å². The van der Waals surface area contributed by atoms with Gasteiger partial charge in [0.05, 0.1) is 0 Å². The molecule has 0 atom stereocenters. The lowest BCUT2D eigenvalue weighted by Crippen LogP contribution is -2.03. The number of aryl methyl sites for hydroxylation is 1. The summed E-state index contributed by atoms with van der Waals surface area (Å²) in [5.74, 6) is 1.01. The van der Waals surface area contributed by atoms with Crippen molar-refractivity contribution in [1.29, 1.82) is 0 Å². The van der Waals surface area contributed by atoms with E-state index in [0.717, 1.165) is 29.1 Å². The Bertz CT molecular complexity index is 938. The third-order valence-corrected chi connectivity index (χ3v) is 3.98. The number of nitrogens with zero attached hydrogens (tertiary/aromatic N) is 3. The number of benzene rings is 2. The Labute approximate surface area is 135 Å². The lowest BCUT2D eigenvalue weighted by Gasteiger charge is -2.09. The summed E-state index contributed by atoms with van der Waals surface area (Å²) in [6, 6.07) is 22.9. The number of hydrogen-bond donors (Lipinski definition) is 0. The maximum atomic E-state index is 4.81. The highest BCUT2D eigenvalue weighted by atomic mass is 15.1. The van der Waals surface area contributed by atoms with Gasteiger partial charge in [0, 0.05) is 18.3 Å². The fourth-order valence-electron chi connectivity index (χ4n) is 2.82. The Kier molecular flexibility index (Phi) is 3.39. The third kappa shape index (κ3) is 2.61. The van der Waals surface area contributed by atoms with E-state index in [1.807, 2.05) is 24.4 Å². The zero-order valence-electron chi connectivity index (χ0n) is 13.0. The third-order valence-electron chi connectivity index (χ3n) is 3.98. The zero-order valence-corrected chi connectivity index (χ0v) is 13.0. The molecule has 2 heterocycles. The zero-order chi connectivity index (χ0) is 15.6. The molecule has 0 aliphatic rings. The average Bonchev–Trinajstić information content (AvgIpc) is 2.94. The van der Waals surface area contributed by atoms with Crippen LogP contribution in [-0.4, -0.2) is 14.5 Å². The number of rotatable bonds is 3. The lowest BCUT2D eigenvalue weighted by molar-refractivity contribution is 0.924. The molecule has 0 unspecified atom stereocenters. The molecule has 3 heteroatoms. The molecule has 0 aliphatic heterocycles. The largest absolute Gasteiger partial charge is 0.280 e. The van der Waals surface area contributed by atoms with Crippen LogP contribution in [0, 0.1) is 6.92 Å².